The van der Waals surface area contributed by atoms with Crippen LogP contribution in [-0.2, 0) is 0 Å². The number of benzene rings is 1. The van der Waals surface area contributed by atoms with E-state index in [1.54, 1.807) is 0 Å². The maximum absolute atomic E-state index is 6.07. The van der Waals surface area contributed by atoms with E-state index in [2.05, 4.69) is 37.4 Å². The van der Waals surface area contributed by atoms with Crippen LogP contribution in [0.25, 0.3) is 11.3 Å². The Morgan fingerprint density at radius 3 is 2.88 bits per heavy atom. The van der Waals surface area contributed by atoms with Crippen molar-refractivity contribution < 1.29 is 4.63 Å². The molecule has 1 aromatic carbocycles. The molecule has 1 N–H and O–H groups in total. The molecule has 0 radical (unpaired) electrons. The molecule has 24 heavy (non-hydrogen) atoms. The van der Waals surface area contributed by atoms with Crippen molar-refractivity contribution in [1.29, 1.82) is 0 Å². The fraction of sp³-hybridized carbons (Fsp3) is 0.375. The molecule has 7 nitrogen and oxygen atoms in total. The van der Waals surface area contributed by atoms with Crippen LogP contribution in [-0.4, -0.2) is 33.4 Å². The summed E-state index contributed by atoms with van der Waals surface area (Å²) in [5.41, 5.74) is 1.65. The molecule has 1 fully saturated rings. The smallest absolute Gasteiger partial charge is 0.245 e. The monoisotopic (exact) mass is 344 g/mol. The zero-order valence-electron chi connectivity index (χ0n) is 13.2. The maximum Gasteiger partial charge on any atom is 0.245 e. The number of fused-ring (bicyclic) bond motifs is 1. The minimum atomic E-state index is 0.383. The lowest BCUT2D eigenvalue weighted by atomic mass is 10.0. The number of aromatic nitrogens is 4. The van der Waals surface area contributed by atoms with Crippen molar-refractivity contribution >= 4 is 40.2 Å². The molecule has 0 amide bonds. The van der Waals surface area contributed by atoms with Crippen LogP contribution in [0.4, 0.5) is 17.3 Å². The van der Waals surface area contributed by atoms with Gasteiger partial charge in [0.15, 0.2) is 11.6 Å². The number of nitrogens with zero attached hydrogens (tertiary/aromatic N) is 5. The van der Waals surface area contributed by atoms with Gasteiger partial charge in [0.2, 0.25) is 11.3 Å². The van der Waals surface area contributed by atoms with Gasteiger partial charge in [-0.1, -0.05) is 24.6 Å². The van der Waals surface area contributed by atoms with Gasteiger partial charge in [0, 0.05) is 23.8 Å². The van der Waals surface area contributed by atoms with E-state index in [-0.39, 0.29) is 0 Å². The molecule has 1 aliphatic heterocycles. The standard InChI is InChI=1S/C16H17ClN6O/c1-10-4-3-7-23(9-10)16-15(18-12-6-2-5-11(17)8-12)19-13-14(20-16)22-24-21-13/h2,5-6,8,10H,3-4,7,9H2,1H3,(H,18,19,21)/t10-/m1/s1. The Morgan fingerprint density at radius 1 is 1.25 bits per heavy atom. The lowest BCUT2D eigenvalue weighted by molar-refractivity contribution is 0.314. The second-order valence-electron chi connectivity index (χ2n) is 6.14. The molecule has 0 unspecified atom stereocenters. The summed E-state index contributed by atoms with van der Waals surface area (Å²) < 4.78 is 4.76. The number of rotatable bonds is 3. The number of hydrogen-bond acceptors (Lipinski definition) is 7. The van der Waals surface area contributed by atoms with Gasteiger partial charge in [-0.3, -0.25) is 0 Å². The first kappa shape index (κ1) is 15.1. The molecule has 1 aliphatic rings. The molecule has 1 atom stereocenters. The van der Waals surface area contributed by atoms with E-state index < -0.39 is 0 Å². The number of nitrogens with one attached hydrogen (secondary N) is 1. The molecule has 3 heterocycles. The van der Waals surface area contributed by atoms with E-state index in [1.165, 1.54) is 6.42 Å². The van der Waals surface area contributed by atoms with Crippen molar-refractivity contribution in [2.75, 3.05) is 23.3 Å². The van der Waals surface area contributed by atoms with E-state index in [0.29, 0.717) is 28.1 Å². The van der Waals surface area contributed by atoms with Gasteiger partial charge in [-0.25, -0.2) is 14.6 Å². The Bertz CT molecular complexity index is 867. The van der Waals surface area contributed by atoms with E-state index >= 15 is 0 Å². The van der Waals surface area contributed by atoms with Gasteiger partial charge in [0.05, 0.1) is 0 Å². The SMILES string of the molecule is C[C@@H]1CCCN(c2nc3nonc3nc2Nc2cccc(Cl)c2)C1. The van der Waals surface area contributed by atoms with Crippen molar-refractivity contribution in [3.8, 4) is 0 Å². The fourth-order valence-corrected chi connectivity index (χ4v) is 3.21. The summed E-state index contributed by atoms with van der Waals surface area (Å²) in [6.07, 6.45) is 2.36. The summed E-state index contributed by atoms with van der Waals surface area (Å²) in [5.74, 6) is 2.02. The second-order valence-corrected chi connectivity index (χ2v) is 6.57. The lowest BCUT2D eigenvalue weighted by Gasteiger charge is -2.32. The van der Waals surface area contributed by atoms with Crippen LogP contribution in [0, 0.1) is 5.92 Å². The van der Waals surface area contributed by atoms with Gasteiger partial charge in [-0.15, -0.1) is 0 Å². The predicted octanol–water partition coefficient (Wildman–Crippen LogP) is 3.65. The van der Waals surface area contributed by atoms with E-state index in [9.17, 15) is 0 Å². The van der Waals surface area contributed by atoms with Gasteiger partial charge in [-0.05, 0) is 47.3 Å². The molecule has 0 aliphatic carbocycles. The summed E-state index contributed by atoms with van der Waals surface area (Å²) in [7, 11) is 0. The highest BCUT2D eigenvalue weighted by molar-refractivity contribution is 6.30. The fourth-order valence-electron chi connectivity index (χ4n) is 3.02. The van der Waals surface area contributed by atoms with E-state index in [1.807, 2.05) is 24.3 Å². The number of anilines is 3. The highest BCUT2D eigenvalue weighted by Crippen LogP contribution is 2.30. The Labute approximate surface area is 144 Å². The molecule has 8 heteroatoms. The summed E-state index contributed by atoms with van der Waals surface area (Å²) in [4.78, 5) is 11.4. The zero-order valence-corrected chi connectivity index (χ0v) is 14.0. The highest BCUT2D eigenvalue weighted by Gasteiger charge is 2.23. The molecular formula is C16H17ClN6O. The second kappa shape index (κ2) is 6.24. The molecule has 0 bridgehead atoms. The Balaban J connectivity index is 1.75. The summed E-state index contributed by atoms with van der Waals surface area (Å²) in [5, 5.41) is 11.6. The third-order valence-corrected chi connectivity index (χ3v) is 4.37. The lowest BCUT2D eigenvalue weighted by Crippen LogP contribution is -2.35. The molecule has 2 aromatic heterocycles. The van der Waals surface area contributed by atoms with Crippen molar-refractivity contribution in [1.82, 2.24) is 20.3 Å². The van der Waals surface area contributed by atoms with Crippen molar-refractivity contribution in [2.24, 2.45) is 5.92 Å². The van der Waals surface area contributed by atoms with Crippen LogP contribution < -0.4 is 10.2 Å². The molecular weight excluding hydrogens is 328 g/mol. The number of halogens is 1. The average molecular weight is 345 g/mol. The molecule has 124 valence electrons. The van der Waals surface area contributed by atoms with Gasteiger partial charge in [-0.2, -0.15) is 0 Å². The first-order chi connectivity index (χ1) is 11.7. The number of piperidine rings is 1. The van der Waals surface area contributed by atoms with Gasteiger partial charge in [0.1, 0.15) is 0 Å². The zero-order chi connectivity index (χ0) is 16.5. The molecule has 4 rings (SSSR count). The van der Waals surface area contributed by atoms with Crippen LogP contribution in [0.2, 0.25) is 5.02 Å². The summed E-state index contributed by atoms with van der Waals surface area (Å²) in [6, 6.07) is 7.49. The first-order valence-electron chi connectivity index (χ1n) is 7.97. The quantitative estimate of drug-likeness (QED) is 0.776. The molecule has 0 spiro atoms. The topological polar surface area (TPSA) is 80.0 Å². The third kappa shape index (κ3) is 2.99. The van der Waals surface area contributed by atoms with Gasteiger partial charge >= 0.3 is 0 Å². The maximum atomic E-state index is 6.07. The van der Waals surface area contributed by atoms with Crippen LogP contribution in [0.1, 0.15) is 19.8 Å². The highest BCUT2D eigenvalue weighted by atomic mass is 35.5. The molecule has 3 aromatic rings. The van der Waals surface area contributed by atoms with E-state index in [0.717, 1.165) is 31.0 Å². The Morgan fingerprint density at radius 2 is 2.08 bits per heavy atom. The first-order valence-corrected chi connectivity index (χ1v) is 8.35. The normalized spacial score (nSPS) is 18.1. The van der Waals surface area contributed by atoms with Crippen LogP contribution >= 0.6 is 11.6 Å². The molecule has 1 saturated heterocycles. The van der Waals surface area contributed by atoms with Gasteiger partial charge < -0.3 is 10.2 Å². The van der Waals surface area contributed by atoms with Crippen LogP contribution in [0.3, 0.4) is 0 Å². The van der Waals surface area contributed by atoms with Crippen LogP contribution in [0.5, 0.6) is 0 Å². The largest absolute Gasteiger partial charge is 0.353 e. The van der Waals surface area contributed by atoms with Crippen molar-refractivity contribution in [3.05, 3.63) is 29.3 Å². The molecule has 0 saturated carbocycles. The predicted molar refractivity (Wildman–Crippen MR) is 92.7 cm³/mol. The van der Waals surface area contributed by atoms with Crippen molar-refractivity contribution in [2.45, 2.75) is 19.8 Å². The number of hydrogen-bond donors (Lipinski definition) is 1. The minimum Gasteiger partial charge on any atom is -0.353 e. The van der Waals surface area contributed by atoms with Crippen molar-refractivity contribution in [3.63, 3.8) is 0 Å². The van der Waals surface area contributed by atoms with E-state index in [4.69, 9.17) is 16.2 Å². The Kier molecular flexibility index (Phi) is 3.93. The van der Waals surface area contributed by atoms with Crippen LogP contribution in [0.15, 0.2) is 28.9 Å². The Hall–Kier alpha value is -2.41. The minimum absolute atomic E-state index is 0.383. The summed E-state index contributed by atoms with van der Waals surface area (Å²) in [6.45, 7) is 4.13. The third-order valence-electron chi connectivity index (χ3n) is 4.14. The summed E-state index contributed by atoms with van der Waals surface area (Å²) >= 11 is 6.07. The van der Waals surface area contributed by atoms with Gasteiger partial charge in [0.25, 0.3) is 0 Å². The average Bonchev–Trinajstić information content (AvgIpc) is 3.01.